The van der Waals surface area contributed by atoms with Crippen LogP contribution in [0.1, 0.15) is 29.7 Å². The van der Waals surface area contributed by atoms with Gasteiger partial charge in [0.25, 0.3) is 5.91 Å². The molecule has 0 aliphatic heterocycles. The van der Waals surface area contributed by atoms with Crippen LogP contribution in [0.4, 0.5) is 0 Å². The molecule has 0 radical (unpaired) electrons. The van der Waals surface area contributed by atoms with E-state index in [2.05, 4.69) is 29.1 Å². The predicted octanol–water partition coefficient (Wildman–Crippen LogP) is 4.14. The fourth-order valence-electron chi connectivity index (χ4n) is 3.04. The van der Waals surface area contributed by atoms with E-state index in [1.807, 2.05) is 54.6 Å². The number of allylic oxidation sites excluding steroid dienone is 3. The topological polar surface area (TPSA) is 53.6 Å². The van der Waals surface area contributed by atoms with E-state index in [9.17, 15) is 4.79 Å². The third-order valence-electron chi connectivity index (χ3n) is 4.50. The average Bonchev–Trinajstić information content (AvgIpc) is 3.11. The molecule has 0 atom stereocenters. The molecule has 1 aliphatic rings. The Kier molecular flexibility index (Phi) is 7.28. The smallest absolute Gasteiger partial charge is 0.265 e. The summed E-state index contributed by atoms with van der Waals surface area (Å²) in [6.45, 7) is 2.58. The van der Waals surface area contributed by atoms with Crippen molar-refractivity contribution in [3.63, 3.8) is 0 Å². The molecule has 0 bridgehead atoms. The highest BCUT2D eigenvalue weighted by Gasteiger charge is 2.20. The van der Waals surface area contributed by atoms with Crippen molar-refractivity contribution in [1.29, 1.82) is 0 Å². The largest absolute Gasteiger partial charge is 0.484 e. The van der Waals surface area contributed by atoms with Crippen LogP contribution in [0.25, 0.3) is 0 Å². The minimum atomic E-state index is -0.0535. The Morgan fingerprint density at radius 1 is 1.25 bits per heavy atom. The number of hydrogen-bond donors (Lipinski definition) is 2. The quantitative estimate of drug-likeness (QED) is 0.658. The van der Waals surface area contributed by atoms with E-state index < -0.39 is 0 Å². The third kappa shape index (κ3) is 5.71. The van der Waals surface area contributed by atoms with E-state index in [1.54, 1.807) is 11.3 Å². The van der Waals surface area contributed by atoms with Crippen molar-refractivity contribution in [3.05, 3.63) is 75.8 Å². The first-order chi connectivity index (χ1) is 13.7. The molecular weight excluding hydrogens is 370 g/mol. The van der Waals surface area contributed by atoms with Gasteiger partial charge in [-0.15, -0.1) is 11.3 Å². The lowest BCUT2D eigenvalue weighted by atomic mass is 10.2. The Bertz CT molecular complexity index is 822. The minimum Gasteiger partial charge on any atom is -0.484 e. The summed E-state index contributed by atoms with van der Waals surface area (Å²) in [5.41, 5.74) is 9.31. The maximum Gasteiger partial charge on any atom is 0.265 e. The summed E-state index contributed by atoms with van der Waals surface area (Å²) in [4.78, 5) is 16.1. The van der Waals surface area contributed by atoms with Gasteiger partial charge in [-0.25, -0.2) is 5.43 Å². The van der Waals surface area contributed by atoms with E-state index in [-0.39, 0.29) is 12.5 Å². The van der Waals surface area contributed by atoms with Crippen LogP contribution in [0.5, 0.6) is 5.75 Å². The van der Waals surface area contributed by atoms with Crippen LogP contribution in [0.15, 0.2) is 65.3 Å². The number of rotatable bonds is 8. The molecular formula is C22H27N3O2S. The standard InChI is InChI=1S/C22H27N3O2S/c1-17-9-11-20(12-10-17)27-16-22(26)25(15-21-8-5-13-28-21)19-7-4-3-6-18(14-19)24-23-2/h5,7-14,23-24H,3-4,6,15-16H2,1-2H3. The van der Waals surface area contributed by atoms with Crippen molar-refractivity contribution in [2.24, 2.45) is 0 Å². The molecule has 0 spiro atoms. The Morgan fingerprint density at radius 3 is 2.79 bits per heavy atom. The molecule has 0 fully saturated rings. The van der Waals surface area contributed by atoms with Gasteiger partial charge in [0.2, 0.25) is 0 Å². The Balaban J connectivity index is 1.77. The number of aryl methyl sites for hydroxylation is 1. The molecule has 5 nitrogen and oxygen atoms in total. The Hall–Kier alpha value is -2.57. The number of nitrogens with zero attached hydrogens (tertiary/aromatic N) is 1. The van der Waals surface area contributed by atoms with E-state index in [4.69, 9.17) is 4.74 Å². The van der Waals surface area contributed by atoms with Gasteiger partial charge in [-0.05, 0) is 55.8 Å². The number of thiophene rings is 1. The molecule has 28 heavy (non-hydrogen) atoms. The maximum absolute atomic E-state index is 13.1. The van der Waals surface area contributed by atoms with Crippen LogP contribution in [-0.4, -0.2) is 24.5 Å². The summed E-state index contributed by atoms with van der Waals surface area (Å²) in [6.07, 6.45) is 7.13. The van der Waals surface area contributed by atoms with Crippen molar-refractivity contribution in [3.8, 4) is 5.75 Å². The van der Waals surface area contributed by atoms with Crippen molar-refractivity contribution in [1.82, 2.24) is 15.8 Å². The second-order valence-electron chi connectivity index (χ2n) is 6.73. The van der Waals surface area contributed by atoms with E-state index in [0.29, 0.717) is 12.3 Å². The van der Waals surface area contributed by atoms with Crippen LogP contribution in [0.2, 0.25) is 0 Å². The second kappa shape index (κ2) is 10.1. The Labute approximate surface area is 170 Å². The first kappa shape index (κ1) is 20.2. The average molecular weight is 398 g/mol. The lowest BCUT2D eigenvalue weighted by molar-refractivity contribution is -0.131. The van der Waals surface area contributed by atoms with Crippen molar-refractivity contribution >= 4 is 17.2 Å². The third-order valence-corrected chi connectivity index (χ3v) is 5.36. The van der Waals surface area contributed by atoms with Crippen LogP contribution < -0.4 is 15.6 Å². The molecule has 0 unspecified atom stereocenters. The molecule has 1 amide bonds. The van der Waals surface area contributed by atoms with Gasteiger partial charge in [0.15, 0.2) is 6.61 Å². The highest BCUT2D eigenvalue weighted by atomic mass is 32.1. The summed E-state index contributed by atoms with van der Waals surface area (Å²) in [5.74, 6) is 0.653. The fourth-order valence-corrected chi connectivity index (χ4v) is 3.73. The second-order valence-corrected chi connectivity index (χ2v) is 7.76. The van der Waals surface area contributed by atoms with E-state index in [0.717, 1.165) is 41.1 Å². The minimum absolute atomic E-state index is 0.00834. The van der Waals surface area contributed by atoms with Crippen LogP contribution in [-0.2, 0) is 11.3 Å². The first-order valence-electron chi connectivity index (χ1n) is 9.51. The number of hydrazine groups is 1. The number of ether oxygens (including phenoxy) is 1. The summed E-state index contributed by atoms with van der Waals surface area (Å²) >= 11 is 1.65. The zero-order valence-corrected chi connectivity index (χ0v) is 17.2. The molecule has 2 aromatic rings. The van der Waals surface area contributed by atoms with Gasteiger partial charge in [-0.3, -0.25) is 4.79 Å². The van der Waals surface area contributed by atoms with Crippen LogP contribution in [0, 0.1) is 6.92 Å². The number of nitrogens with one attached hydrogen (secondary N) is 2. The number of carbonyl (C=O) groups excluding carboxylic acids is 1. The van der Waals surface area contributed by atoms with Crippen molar-refractivity contribution in [2.45, 2.75) is 32.7 Å². The predicted molar refractivity (Wildman–Crippen MR) is 114 cm³/mol. The summed E-state index contributed by atoms with van der Waals surface area (Å²) in [7, 11) is 1.85. The summed E-state index contributed by atoms with van der Waals surface area (Å²) in [6, 6.07) is 11.8. The van der Waals surface area contributed by atoms with Gasteiger partial charge in [-0.1, -0.05) is 29.8 Å². The van der Waals surface area contributed by atoms with E-state index in [1.165, 1.54) is 0 Å². The van der Waals surface area contributed by atoms with Gasteiger partial charge in [-0.2, -0.15) is 0 Å². The van der Waals surface area contributed by atoms with Gasteiger partial charge in [0.1, 0.15) is 5.75 Å². The molecule has 3 rings (SSSR count). The molecule has 1 aromatic heterocycles. The molecule has 1 aromatic carbocycles. The van der Waals surface area contributed by atoms with Gasteiger partial charge < -0.3 is 15.1 Å². The van der Waals surface area contributed by atoms with Crippen LogP contribution >= 0.6 is 11.3 Å². The number of amides is 1. The lowest BCUT2D eigenvalue weighted by Crippen LogP contribution is -2.34. The molecule has 1 heterocycles. The fraction of sp³-hybridized carbons (Fsp3) is 0.318. The highest BCUT2D eigenvalue weighted by Crippen LogP contribution is 2.22. The molecule has 2 N–H and O–H groups in total. The zero-order valence-electron chi connectivity index (χ0n) is 16.4. The SMILES string of the molecule is CNNC1=CC(N(Cc2cccs2)C(=O)COc2ccc(C)cc2)=CCCC1. The van der Waals surface area contributed by atoms with Crippen molar-refractivity contribution in [2.75, 3.05) is 13.7 Å². The first-order valence-corrected chi connectivity index (χ1v) is 10.4. The van der Waals surface area contributed by atoms with Crippen LogP contribution in [0.3, 0.4) is 0 Å². The van der Waals surface area contributed by atoms with E-state index >= 15 is 0 Å². The molecule has 0 saturated carbocycles. The van der Waals surface area contributed by atoms with Gasteiger partial charge in [0.05, 0.1) is 6.54 Å². The molecule has 0 saturated heterocycles. The monoisotopic (exact) mass is 397 g/mol. The maximum atomic E-state index is 13.1. The normalized spacial score (nSPS) is 13.9. The zero-order chi connectivity index (χ0) is 19.8. The lowest BCUT2D eigenvalue weighted by Gasteiger charge is -2.24. The summed E-state index contributed by atoms with van der Waals surface area (Å²) < 4.78 is 5.76. The molecule has 1 aliphatic carbocycles. The Morgan fingerprint density at radius 2 is 2.07 bits per heavy atom. The number of hydrogen-bond acceptors (Lipinski definition) is 5. The molecule has 148 valence electrons. The van der Waals surface area contributed by atoms with Crippen molar-refractivity contribution < 1.29 is 9.53 Å². The van der Waals surface area contributed by atoms with Gasteiger partial charge in [0, 0.05) is 23.3 Å². The highest BCUT2D eigenvalue weighted by molar-refractivity contribution is 7.09. The molecule has 6 heteroatoms. The van der Waals surface area contributed by atoms with Gasteiger partial charge >= 0.3 is 0 Å². The number of benzene rings is 1. The summed E-state index contributed by atoms with van der Waals surface area (Å²) in [5, 5.41) is 2.03. The number of carbonyl (C=O) groups is 1.